The Morgan fingerprint density at radius 3 is 2.77 bits per heavy atom. The quantitative estimate of drug-likeness (QED) is 0.783. The summed E-state index contributed by atoms with van der Waals surface area (Å²) in [4.78, 5) is 8.87. The fourth-order valence-corrected chi connectivity index (χ4v) is 2.64. The van der Waals surface area contributed by atoms with E-state index in [2.05, 4.69) is 39.3 Å². The van der Waals surface area contributed by atoms with Crippen molar-refractivity contribution >= 4 is 11.5 Å². The van der Waals surface area contributed by atoms with Gasteiger partial charge in [0.15, 0.2) is 5.65 Å². The molecule has 3 heterocycles. The Hall–Kier alpha value is -2.44. The lowest BCUT2D eigenvalue weighted by molar-refractivity contribution is 0.496. The molecule has 0 saturated carbocycles. The molecule has 3 aromatic rings. The number of aromatic nitrogens is 6. The fourth-order valence-electron chi connectivity index (χ4n) is 2.64. The van der Waals surface area contributed by atoms with E-state index in [0.717, 1.165) is 29.4 Å². The summed E-state index contributed by atoms with van der Waals surface area (Å²) in [5, 5.41) is 12.1. The van der Waals surface area contributed by atoms with Gasteiger partial charge < -0.3 is 5.32 Å². The van der Waals surface area contributed by atoms with E-state index < -0.39 is 0 Å². The monoisotopic (exact) mass is 299 g/mol. The van der Waals surface area contributed by atoms with Gasteiger partial charge in [0.25, 0.3) is 0 Å². The van der Waals surface area contributed by atoms with Crippen molar-refractivity contribution in [3.63, 3.8) is 0 Å². The average Bonchev–Trinajstić information content (AvgIpc) is 3.05. The zero-order chi connectivity index (χ0) is 15.7. The van der Waals surface area contributed by atoms with Crippen molar-refractivity contribution in [3.05, 3.63) is 36.2 Å². The Morgan fingerprint density at radius 2 is 2.09 bits per heavy atom. The van der Waals surface area contributed by atoms with Crippen LogP contribution in [0.5, 0.6) is 0 Å². The third-order valence-corrected chi connectivity index (χ3v) is 3.57. The average molecular weight is 299 g/mol. The molecule has 0 spiro atoms. The Morgan fingerprint density at radius 1 is 1.27 bits per heavy atom. The lowest BCUT2D eigenvalue weighted by Gasteiger charge is -2.21. The molecule has 0 amide bonds. The minimum Gasteiger partial charge on any atom is -0.360 e. The second-order valence-electron chi connectivity index (χ2n) is 5.95. The van der Waals surface area contributed by atoms with Crippen LogP contribution in [0.1, 0.15) is 37.8 Å². The Balaban J connectivity index is 1.98. The number of aryl methyl sites for hydroxylation is 2. The summed E-state index contributed by atoms with van der Waals surface area (Å²) in [5.41, 5.74) is 1.79. The molecular weight excluding hydrogens is 278 g/mol. The van der Waals surface area contributed by atoms with E-state index in [1.807, 2.05) is 35.3 Å². The van der Waals surface area contributed by atoms with E-state index in [1.54, 1.807) is 12.5 Å². The van der Waals surface area contributed by atoms with Crippen LogP contribution in [-0.2, 0) is 7.05 Å². The molecule has 0 unspecified atom stereocenters. The van der Waals surface area contributed by atoms with Crippen LogP contribution >= 0.6 is 0 Å². The molecule has 0 saturated heterocycles. The van der Waals surface area contributed by atoms with Gasteiger partial charge in [0.1, 0.15) is 18.0 Å². The summed E-state index contributed by atoms with van der Waals surface area (Å²) in [6, 6.07) is 3.98. The molecule has 7 nitrogen and oxygen atoms in total. The molecule has 7 heteroatoms. The molecule has 0 aliphatic carbocycles. The molecule has 116 valence electrons. The molecule has 0 aromatic carbocycles. The van der Waals surface area contributed by atoms with E-state index in [0.29, 0.717) is 5.92 Å². The van der Waals surface area contributed by atoms with Gasteiger partial charge in [-0.1, -0.05) is 13.8 Å². The first-order valence-corrected chi connectivity index (χ1v) is 7.46. The number of rotatable bonds is 5. The second kappa shape index (κ2) is 5.75. The van der Waals surface area contributed by atoms with Crippen molar-refractivity contribution in [2.75, 3.05) is 5.32 Å². The topological polar surface area (TPSA) is 72.9 Å². The first-order valence-electron chi connectivity index (χ1n) is 7.46. The van der Waals surface area contributed by atoms with Crippen LogP contribution in [0.15, 0.2) is 24.7 Å². The molecule has 0 aliphatic heterocycles. The van der Waals surface area contributed by atoms with Gasteiger partial charge in [0, 0.05) is 24.9 Å². The third-order valence-electron chi connectivity index (χ3n) is 3.57. The second-order valence-corrected chi connectivity index (χ2v) is 5.95. The van der Waals surface area contributed by atoms with Crippen molar-refractivity contribution in [1.82, 2.24) is 29.4 Å². The van der Waals surface area contributed by atoms with Gasteiger partial charge >= 0.3 is 0 Å². The van der Waals surface area contributed by atoms with Gasteiger partial charge in [0.2, 0.25) is 0 Å². The highest BCUT2D eigenvalue weighted by Gasteiger charge is 2.19. The number of hydrogen-bond acceptors (Lipinski definition) is 5. The number of fused-ring (bicyclic) bond motifs is 1. The Kier molecular flexibility index (Phi) is 3.79. The highest BCUT2D eigenvalue weighted by molar-refractivity contribution is 5.49. The van der Waals surface area contributed by atoms with E-state index in [9.17, 15) is 0 Å². The highest BCUT2D eigenvalue weighted by Crippen LogP contribution is 2.24. The summed E-state index contributed by atoms with van der Waals surface area (Å²) in [7, 11) is 1.92. The van der Waals surface area contributed by atoms with E-state index >= 15 is 0 Å². The first kappa shape index (κ1) is 14.5. The van der Waals surface area contributed by atoms with Gasteiger partial charge in [-0.2, -0.15) is 14.7 Å². The largest absolute Gasteiger partial charge is 0.360 e. The standard InChI is InChI=1S/C15H21N7/c1-10(2)7-12(15-16-9-18-21(15)4)20-14-8-11(3)19-13-5-6-17-22(13)14/h5-6,8-10,12,20H,7H2,1-4H3/t12-/m0/s1. The van der Waals surface area contributed by atoms with Gasteiger partial charge in [-0.25, -0.2) is 9.97 Å². The minimum atomic E-state index is 0.0710. The van der Waals surface area contributed by atoms with Crippen LogP contribution < -0.4 is 5.32 Å². The van der Waals surface area contributed by atoms with Crippen molar-refractivity contribution < 1.29 is 0 Å². The maximum absolute atomic E-state index is 4.47. The van der Waals surface area contributed by atoms with Gasteiger partial charge in [-0.15, -0.1) is 0 Å². The molecule has 22 heavy (non-hydrogen) atoms. The van der Waals surface area contributed by atoms with Crippen LogP contribution in [0, 0.1) is 12.8 Å². The maximum Gasteiger partial charge on any atom is 0.157 e. The molecule has 1 atom stereocenters. The van der Waals surface area contributed by atoms with Crippen LogP contribution in [0.3, 0.4) is 0 Å². The molecule has 3 aromatic heterocycles. The smallest absolute Gasteiger partial charge is 0.157 e. The number of nitrogens with zero attached hydrogens (tertiary/aromatic N) is 6. The van der Waals surface area contributed by atoms with Crippen LogP contribution in [0.4, 0.5) is 5.82 Å². The number of nitrogens with one attached hydrogen (secondary N) is 1. The molecule has 0 aliphatic rings. The predicted molar refractivity (Wildman–Crippen MR) is 84.5 cm³/mol. The first-order chi connectivity index (χ1) is 10.5. The van der Waals surface area contributed by atoms with Crippen LogP contribution in [0.2, 0.25) is 0 Å². The fraction of sp³-hybridized carbons (Fsp3) is 0.467. The van der Waals surface area contributed by atoms with E-state index in [4.69, 9.17) is 0 Å². The number of anilines is 1. The van der Waals surface area contributed by atoms with Gasteiger partial charge in [-0.3, -0.25) is 4.68 Å². The van der Waals surface area contributed by atoms with Crippen LogP contribution in [-0.4, -0.2) is 29.4 Å². The van der Waals surface area contributed by atoms with Gasteiger partial charge in [0.05, 0.1) is 12.2 Å². The summed E-state index contributed by atoms with van der Waals surface area (Å²) in [6.07, 6.45) is 4.30. The minimum absolute atomic E-state index is 0.0710. The Bertz CT molecular complexity index is 771. The molecule has 1 N–H and O–H groups in total. The molecule has 0 bridgehead atoms. The maximum atomic E-state index is 4.47. The predicted octanol–water partition coefficient (Wildman–Crippen LogP) is 2.37. The molecule has 3 rings (SSSR count). The van der Waals surface area contributed by atoms with Crippen molar-refractivity contribution in [1.29, 1.82) is 0 Å². The van der Waals surface area contributed by atoms with E-state index in [-0.39, 0.29) is 6.04 Å². The number of hydrogen-bond donors (Lipinski definition) is 1. The summed E-state index contributed by atoms with van der Waals surface area (Å²) < 4.78 is 3.63. The summed E-state index contributed by atoms with van der Waals surface area (Å²) in [6.45, 7) is 6.39. The molecular formula is C15H21N7. The van der Waals surface area contributed by atoms with Gasteiger partial charge in [-0.05, 0) is 19.3 Å². The summed E-state index contributed by atoms with van der Waals surface area (Å²) >= 11 is 0. The summed E-state index contributed by atoms with van der Waals surface area (Å²) in [5.74, 6) is 2.37. The SMILES string of the molecule is Cc1cc(N[C@@H](CC(C)C)c2ncnn2C)n2nccc2n1. The Labute approximate surface area is 129 Å². The van der Waals surface area contributed by atoms with Crippen molar-refractivity contribution in [2.24, 2.45) is 13.0 Å². The van der Waals surface area contributed by atoms with Crippen molar-refractivity contribution in [2.45, 2.75) is 33.2 Å². The lowest BCUT2D eigenvalue weighted by atomic mass is 10.0. The van der Waals surface area contributed by atoms with Crippen LogP contribution in [0.25, 0.3) is 5.65 Å². The van der Waals surface area contributed by atoms with E-state index in [1.165, 1.54) is 0 Å². The third kappa shape index (κ3) is 2.79. The normalized spacial score (nSPS) is 13.0. The molecule has 0 fully saturated rings. The highest BCUT2D eigenvalue weighted by atomic mass is 15.3. The molecule has 0 radical (unpaired) electrons. The zero-order valence-corrected chi connectivity index (χ0v) is 13.4. The van der Waals surface area contributed by atoms with Crippen molar-refractivity contribution in [3.8, 4) is 0 Å². The zero-order valence-electron chi connectivity index (χ0n) is 13.4. The lowest BCUT2D eigenvalue weighted by Crippen LogP contribution is -2.19.